The third-order valence-electron chi connectivity index (χ3n) is 9.03. The maximum atomic E-state index is 14.3. The van der Waals surface area contributed by atoms with Crippen molar-refractivity contribution < 1.29 is 41.8 Å². The number of aromatic nitrogens is 1. The Kier molecular flexibility index (Phi) is 9.59. The highest BCUT2D eigenvalue weighted by Crippen LogP contribution is 2.46. The number of ether oxygens (including phenoxy) is 3. The molecule has 3 fully saturated rings. The fraction of sp³-hybridized carbons (Fsp3) is 0.559. The molecule has 3 heterocycles. The minimum atomic E-state index is -3.89. The molecule has 49 heavy (non-hydrogen) atoms. The van der Waals surface area contributed by atoms with E-state index in [4.69, 9.17) is 14.2 Å². The summed E-state index contributed by atoms with van der Waals surface area (Å²) in [5, 5.41) is 6.47. The number of fused-ring (bicyclic) bond motifs is 3. The lowest BCUT2D eigenvalue weighted by Crippen LogP contribution is -2.59. The number of nitrogens with one attached hydrogen (secondary N) is 3. The number of amides is 4. The van der Waals surface area contributed by atoms with Crippen LogP contribution in [0.15, 0.2) is 48.7 Å². The van der Waals surface area contributed by atoms with Gasteiger partial charge < -0.3 is 29.7 Å². The molecule has 2 saturated carbocycles. The van der Waals surface area contributed by atoms with Crippen LogP contribution in [0.4, 0.5) is 4.79 Å². The first-order valence-electron chi connectivity index (χ1n) is 16.7. The van der Waals surface area contributed by atoms with Gasteiger partial charge in [0.1, 0.15) is 29.3 Å². The second kappa shape index (κ2) is 13.6. The number of carbonyl (C=O) groups excluding carboxylic acids is 4. The smallest absolute Gasteiger partial charge is 0.408 e. The zero-order valence-electron chi connectivity index (χ0n) is 27.8. The number of hydrogen-bond acceptors (Lipinski definition) is 10. The quantitative estimate of drug-likeness (QED) is 0.379. The molecule has 2 aliphatic heterocycles. The monoisotopic (exact) mass is 697 g/mol. The average Bonchev–Trinajstić information content (AvgIpc) is 3.96. The van der Waals surface area contributed by atoms with Crippen LogP contribution in [0.25, 0.3) is 10.8 Å². The van der Waals surface area contributed by atoms with Gasteiger partial charge in [0, 0.05) is 30.5 Å². The van der Waals surface area contributed by atoms with Gasteiger partial charge in [0.2, 0.25) is 27.7 Å². The van der Waals surface area contributed by atoms with Crippen molar-refractivity contribution in [2.45, 2.75) is 93.9 Å². The van der Waals surface area contributed by atoms with E-state index in [2.05, 4.69) is 20.3 Å². The molecular formula is C34H43N5O9S. The number of alkyl carbamates (subject to hydrolysis) is 1. The van der Waals surface area contributed by atoms with Crippen LogP contribution in [0.2, 0.25) is 0 Å². The van der Waals surface area contributed by atoms with Gasteiger partial charge in [0.05, 0.1) is 18.4 Å². The predicted octanol–water partition coefficient (Wildman–Crippen LogP) is 2.33. The van der Waals surface area contributed by atoms with E-state index in [1.165, 1.54) is 4.90 Å². The Morgan fingerprint density at radius 1 is 1.14 bits per heavy atom. The van der Waals surface area contributed by atoms with Gasteiger partial charge in [-0.3, -0.25) is 19.1 Å². The Hall–Kier alpha value is -4.24. The van der Waals surface area contributed by atoms with Crippen molar-refractivity contribution in [3.63, 3.8) is 0 Å². The first-order chi connectivity index (χ1) is 23.3. The van der Waals surface area contributed by atoms with Crippen LogP contribution in [-0.4, -0.2) is 96.5 Å². The second-order valence-corrected chi connectivity index (χ2v) is 16.1. The SMILES string of the molecule is CC(C)(C)OC(=O)N[C@H]1COCCCC=CC2C[C@@]2(C(=O)NS(=O)(=O)C2CC2)NC(=O)[C@@H]2CC(Oc3nccc4ccccc34)CN2C1=O. The molecule has 4 amide bonds. The number of nitrogens with zero attached hydrogens (tertiary/aromatic N) is 2. The molecule has 0 spiro atoms. The minimum absolute atomic E-state index is 0.0348. The van der Waals surface area contributed by atoms with Crippen molar-refractivity contribution in [1.82, 2.24) is 25.2 Å². The summed E-state index contributed by atoms with van der Waals surface area (Å²) in [4.78, 5) is 60.6. The molecule has 264 valence electrons. The van der Waals surface area contributed by atoms with Gasteiger partial charge in [0.15, 0.2) is 0 Å². The van der Waals surface area contributed by atoms with Crippen LogP contribution >= 0.6 is 0 Å². The first kappa shape index (κ1) is 34.6. The molecule has 6 rings (SSSR count). The molecule has 1 aromatic carbocycles. The van der Waals surface area contributed by atoms with Gasteiger partial charge in [-0.05, 0) is 70.4 Å². The molecule has 15 heteroatoms. The van der Waals surface area contributed by atoms with Gasteiger partial charge in [-0.1, -0.05) is 30.4 Å². The fourth-order valence-corrected chi connectivity index (χ4v) is 7.64. The summed E-state index contributed by atoms with van der Waals surface area (Å²) in [5.41, 5.74) is -2.34. The molecule has 0 radical (unpaired) electrons. The highest BCUT2D eigenvalue weighted by molar-refractivity contribution is 7.91. The van der Waals surface area contributed by atoms with Crippen molar-refractivity contribution >= 4 is 44.6 Å². The van der Waals surface area contributed by atoms with Crippen molar-refractivity contribution in [2.24, 2.45) is 5.92 Å². The highest BCUT2D eigenvalue weighted by Gasteiger charge is 2.62. The normalized spacial score (nSPS) is 27.9. The van der Waals surface area contributed by atoms with Gasteiger partial charge in [0.25, 0.3) is 5.91 Å². The second-order valence-electron chi connectivity index (χ2n) is 14.1. The van der Waals surface area contributed by atoms with Crippen molar-refractivity contribution in [3.8, 4) is 5.88 Å². The molecule has 1 saturated heterocycles. The molecule has 4 aliphatic rings. The molecule has 14 nitrogen and oxygen atoms in total. The predicted molar refractivity (Wildman–Crippen MR) is 178 cm³/mol. The van der Waals surface area contributed by atoms with Crippen molar-refractivity contribution in [3.05, 3.63) is 48.7 Å². The molecule has 0 bridgehead atoms. The zero-order valence-corrected chi connectivity index (χ0v) is 28.7. The molecule has 3 N–H and O–H groups in total. The van der Waals surface area contributed by atoms with E-state index in [9.17, 15) is 27.6 Å². The molecule has 5 atom stereocenters. The Labute approximate surface area is 285 Å². The highest BCUT2D eigenvalue weighted by atomic mass is 32.2. The summed E-state index contributed by atoms with van der Waals surface area (Å²) in [6.07, 6.45) is 6.13. The minimum Gasteiger partial charge on any atom is -0.472 e. The Balaban J connectivity index is 1.30. The summed E-state index contributed by atoms with van der Waals surface area (Å²) in [6, 6.07) is 7.04. The van der Waals surface area contributed by atoms with E-state index in [-0.39, 0.29) is 32.6 Å². The largest absolute Gasteiger partial charge is 0.472 e. The van der Waals surface area contributed by atoms with E-state index < -0.39 is 74.3 Å². The number of carbonyl (C=O) groups is 4. The van der Waals surface area contributed by atoms with Gasteiger partial charge in [-0.2, -0.15) is 0 Å². The Morgan fingerprint density at radius 3 is 2.67 bits per heavy atom. The van der Waals surface area contributed by atoms with Crippen LogP contribution in [0.1, 0.15) is 59.3 Å². The summed E-state index contributed by atoms with van der Waals surface area (Å²) in [6.45, 7) is 5.17. The van der Waals surface area contributed by atoms with E-state index in [0.717, 1.165) is 10.8 Å². The number of pyridine rings is 1. The maximum Gasteiger partial charge on any atom is 0.408 e. The lowest BCUT2D eigenvalue weighted by molar-refractivity contribution is -0.142. The van der Waals surface area contributed by atoms with E-state index >= 15 is 0 Å². The molecule has 2 aromatic rings. The van der Waals surface area contributed by atoms with Crippen LogP contribution in [-0.2, 0) is 33.9 Å². The Morgan fingerprint density at radius 2 is 1.92 bits per heavy atom. The summed E-state index contributed by atoms with van der Waals surface area (Å²) in [5.74, 6) is -2.16. The number of rotatable bonds is 6. The van der Waals surface area contributed by atoms with Crippen molar-refractivity contribution in [2.75, 3.05) is 19.8 Å². The summed E-state index contributed by atoms with van der Waals surface area (Å²) >= 11 is 0. The third-order valence-corrected chi connectivity index (χ3v) is 10.8. The lowest BCUT2D eigenvalue weighted by Gasteiger charge is -2.30. The van der Waals surface area contributed by atoms with E-state index in [1.807, 2.05) is 42.5 Å². The number of benzene rings is 1. The number of allylic oxidation sites excluding steroid dienone is 1. The van der Waals surface area contributed by atoms with Crippen LogP contribution in [0, 0.1) is 5.92 Å². The number of sulfonamides is 1. The van der Waals surface area contributed by atoms with Gasteiger partial charge in [-0.25, -0.2) is 18.2 Å². The van der Waals surface area contributed by atoms with Crippen molar-refractivity contribution in [1.29, 1.82) is 0 Å². The summed E-state index contributed by atoms with van der Waals surface area (Å²) in [7, 11) is -3.89. The zero-order chi connectivity index (χ0) is 35.0. The van der Waals surface area contributed by atoms with Crippen LogP contribution in [0.3, 0.4) is 0 Å². The van der Waals surface area contributed by atoms with Gasteiger partial charge >= 0.3 is 6.09 Å². The van der Waals surface area contributed by atoms with Crippen LogP contribution in [0.5, 0.6) is 5.88 Å². The standard InChI is InChI=1S/C34H43N5O9S/c1-33(2,3)48-32(43)36-26-20-46-16-8-4-5-10-22-18-34(22,31(42)38-49(44,45)24-12-13-24)37-28(40)27-17-23(19-39(27)30(26)41)47-29-25-11-7-6-9-21(25)14-15-35-29/h5-7,9-11,14-15,22-24,26-27H,4,8,12-13,16-20H2,1-3H3,(H,36,43)(H,37,40)(H,38,42)/t22?,23?,26-,27-,34+/m0/s1. The molecule has 1 aromatic heterocycles. The van der Waals surface area contributed by atoms with Gasteiger partial charge in [-0.15, -0.1) is 0 Å². The third kappa shape index (κ3) is 7.99. The van der Waals surface area contributed by atoms with Crippen LogP contribution < -0.4 is 20.1 Å². The number of hydrogen-bond donors (Lipinski definition) is 3. The molecule has 2 unspecified atom stereocenters. The molecular weight excluding hydrogens is 654 g/mol. The Bertz CT molecular complexity index is 1750. The topological polar surface area (TPSA) is 182 Å². The average molecular weight is 698 g/mol. The molecule has 2 aliphatic carbocycles. The fourth-order valence-electron chi connectivity index (χ4n) is 6.28. The van der Waals surface area contributed by atoms with E-state index in [1.54, 1.807) is 27.0 Å². The summed E-state index contributed by atoms with van der Waals surface area (Å²) < 4.78 is 45.2. The lowest BCUT2D eigenvalue weighted by atomic mass is 10.1. The first-order valence-corrected chi connectivity index (χ1v) is 18.2. The maximum absolute atomic E-state index is 14.3. The van der Waals surface area contributed by atoms with E-state index in [0.29, 0.717) is 31.6 Å².